The zero-order valence-corrected chi connectivity index (χ0v) is 15.7. The van der Waals surface area contributed by atoms with E-state index in [1.807, 2.05) is 13.0 Å². The number of aryl methyl sites for hydroxylation is 2. The average molecular weight is 388 g/mol. The zero-order valence-electron chi connectivity index (χ0n) is 15.0. The summed E-state index contributed by atoms with van der Waals surface area (Å²) in [6.45, 7) is 3.66. The van der Waals surface area contributed by atoms with Crippen LogP contribution in [0.1, 0.15) is 23.2 Å². The van der Waals surface area contributed by atoms with Gasteiger partial charge in [-0.1, -0.05) is 17.7 Å². The molecule has 5 nitrogen and oxygen atoms in total. The molecule has 7 heteroatoms. The van der Waals surface area contributed by atoms with Crippen LogP contribution in [0.5, 0.6) is 0 Å². The monoisotopic (exact) mass is 387 g/mol. The zero-order chi connectivity index (χ0) is 19.6. The Labute approximate surface area is 160 Å². The number of anilines is 1. The van der Waals surface area contributed by atoms with Crippen molar-refractivity contribution in [1.82, 2.24) is 9.78 Å². The molecule has 1 heterocycles. The Morgan fingerprint density at radius 2 is 1.89 bits per heavy atom. The third-order valence-corrected chi connectivity index (χ3v) is 4.74. The van der Waals surface area contributed by atoms with Crippen molar-refractivity contribution in [3.8, 4) is 5.69 Å². The Morgan fingerprint density at radius 1 is 1.19 bits per heavy atom. The molecule has 0 saturated carbocycles. The van der Waals surface area contributed by atoms with Gasteiger partial charge in [0.05, 0.1) is 5.69 Å². The number of H-pyrrole nitrogens is 1. The average Bonchev–Trinajstić information content (AvgIpc) is 2.91. The lowest BCUT2D eigenvalue weighted by atomic mass is 10.1. The number of nitrogens with zero attached hydrogens (tertiary/aromatic N) is 1. The summed E-state index contributed by atoms with van der Waals surface area (Å²) in [6, 6.07) is 10.9. The highest BCUT2D eigenvalue weighted by atomic mass is 35.5. The molecular formula is C20H19ClFN3O2. The molecule has 27 heavy (non-hydrogen) atoms. The van der Waals surface area contributed by atoms with Crippen LogP contribution in [0.3, 0.4) is 0 Å². The highest BCUT2D eigenvalue weighted by Gasteiger charge is 2.14. The topological polar surface area (TPSA) is 66.9 Å². The molecule has 0 aliphatic carbocycles. The van der Waals surface area contributed by atoms with Gasteiger partial charge < -0.3 is 5.32 Å². The van der Waals surface area contributed by atoms with Crippen LogP contribution < -0.4 is 10.9 Å². The Kier molecular flexibility index (Phi) is 5.46. The normalized spacial score (nSPS) is 10.8. The number of nitrogens with one attached hydrogen (secondary N) is 2. The third-order valence-electron chi connectivity index (χ3n) is 4.34. The first-order valence-electron chi connectivity index (χ1n) is 8.47. The van der Waals surface area contributed by atoms with Crippen LogP contribution in [0.15, 0.2) is 47.3 Å². The maximum atomic E-state index is 13.1. The second-order valence-corrected chi connectivity index (χ2v) is 6.75. The van der Waals surface area contributed by atoms with E-state index in [9.17, 15) is 14.0 Å². The Hall–Kier alpha value is -2.86. The van der Waals surface area contributed by atoms with E-state index in [1.54, 1.807) is 19.1 Å². The van der Waals surface area contributed by atoms with Crippen LogP contribution in [0.25, 0.3) is 5.69 Å². The number of amides is 1. The minimum atomic E-state index is -0.372. The molecular weight excluding hydrogens is 369 g/mol. The molecule has 1 amide bonds. The first kappa shape index (κ1) is 18.9. The van der Waals surface area contributed by atoms with E-state index in [2.05, 4.69) is 10.4 Å². The van der Waals surface area contributed by atoms with Crippen LogP contribution in [-0.2, 0) is 11.2 Å². The second-order valence-electron chi connectivity index (χ2n) is 6.34. The Morgan fingerprint density at radius 3 is 2.56 bits per heavy atom. The quantitative estimate of drug-likeness (QED) is 0.690. The summed E-state index contributed by atoms with van der Waals surface area (Å²) in [7, 11) is 0. The fraction of sp³-hybridized carbons (Fsp3) is 0.200. The minimum Gasteiger partial charge on any atom is -0.326 e. The smallest absolute Gasteiger partial charge is 0.274 e. The number of hydrogen-bond donors (Lipinski definition) is 2. The fourth-order valence-corrected chi connectivity index (χ4v) is 2.96. The summed E-state index contributed by atoms with van der Waals surface area (Å²) < 4.78 is 14.4. The van der Waals surface area contributed by atoms with Crippen LogP contribution >= 0.6 is 11.6 Å². The largest absolute Gasteiger partial charge is 0.326 e. The lowest BCUT2D eigenvalue weighted by Gasteiger charge is -2.06. The van der Waals surface area contributed by atoms with Gasteiger partial charge >= 0.3 is 0 Å². The van der Waals surface area contributed by atoms with E-state index in [1.165, 1.54) is 28.9 Å². The van der Waals surface area contributed by atoms with E-state index in [0.717, 1.165) is 5.56 Å². The van der Waals surface area contributed by atoms with Crippen molar-refractivity contribution < 1.29 is 9.18 Å². The molecule has 0 aliphatic heterocycles. The van der Waals surface area contributed by atoms with Crippen molar-refractivity contribution in [2.24, 2.45) is 0 Å². The molecule has 3 aromatic rings. The summed E-state index contributed by atoms with van der Waals surface area (Å²) in [4.78, 5) is 24.8. The molecule has 0 aliphatic rings. The van der Waals surface area contributed by atoms with Gasteiger partial charge in [-0.05, 0) is 62.2 Å². The number of aromatic amines is 1. The molecule has 0 saturated heterocycles. The maximum Gasteiger partial charge on any atom is 0.274 e. The molecule has 0 radical (unpaired) electrons. The van der Waals surface area contributed by atoms with Gasteiger partial charge in [0.1, 0.15) is 5.82 Å². The summed E-state index contributed by atoms with van der Waals surface area (Å²) >= 11 is 6.06. The number of hydrogen-bond acceptors (Lipinski definition) is 2. The van der Waals surface area contributed by atoms with E-state index in [0.29, 0.717) is 34.1 Å². The van der Waals surface area contributed by atoms with Gasteiger partial charge in [-0.2, -0.15) is 0 Å². The van der Waals surface area contributed by atoms with Crippen molar-refractivity contribution in [2.75, 3.05) is 5.32 Å². The molecule has 140 valence electrons. The van der Waals surface area contributed by atoms with E-state index in [4.69, 9.17) is 11.6 Å². The minimum absolute atomic E-state index is 0.156. The predicted molar refractivity (Wildman–Crippen MR) is 104 cm³/mol. The molecule has 2 aromatic carbocycles. The van der Waals surface area contributed by atoms with Crippen LogP contribution in [0.2, 0.25) is 5.02 Å². The lowest BCUT2D eigenvalue weighted by Crippen LogP contribution is -2.19. The Bertz CT molecular complexity index is 1040. The molecule has 2 N–H and O–H groups in total. The van der Waals surface area contributed by atoms with E-state index < -0.39 is 0 Å². The molecule has 0 bridgehead atoms. The van der Waals surface area contributed by atoms with Gasteiger partial charge in [0.25, 0.3) is 5.56 Å². The number of carbonyl (C=O) groups is 1. The van der Waals surface area contributed by atoms with Crippen molar-refractivity contribution in [1.29, 1.82) is 0 Å². The predicted octanol–water partition coefficient (Wildman–Crippen LogP) is 4.15. The molecule has 0 unspecified atom stereocenters. The fourth-order valence-electron chi connectivity index (χ4n) is 2.78. The van der Waals surface area contributed by atoms with Gasteiger partial charge in [0.2, 0.25) is 5.91 Å². The molecule has 0 fully saturated rings. The SMILES string of the molecule is Cc1ccc(NC(=O)CCc2c(C)[nH]n(-c3ccc(F)cc3)c2=O)cc1Cl. The van der Waals surface area contributed by atoms with Crippen LogP contribution in [-0.4, -0.2) is 15.7 Å². The van der Waals surface area contributed by atoms with Crippen LogP contribution in [0.4, 0.5) is 10.1 Å². The van der Waals surface area contributed by atoms with Gasteiger partial charge in [-0.15, -0.1) is 0 Å². The van der Waals surface area contributed by atoms with Crippen molar-refractivity contribution in [3.63, 3.8) is 0 Å². The summed E-state index contributed by atoms with van der Waals surface area (Å²) in [5.41, 5.74) is 3.04. The highest BCUT2D eigenvalue weighted by molar-refractivity contribution is 6.31. The van der Waals surface area contributed by atoms with Gasteiger partial charge in [-0.25, -0.2) is 9.07 Å². The van der Waals surface area contributed by atoms with Crippen molar-refractivity contribution in [3.05, 3.63) is 80.5 Å². The third kappa shape index (κ3) is 4.28. The molecule has 0 spiro atoms. The summed E-state index contributed by atoms with van der Waals surface area (Å²) in [5.74, 6) is -0.577. The summed E-state index contributed by atoms with van der Waals surface area (Å²) in [6.07, 6.45) is 0.448. The van der Waals surface area contributed by atoms with Crippen LogP contribution in [0, 0.1) is 19.7 Å². The standard InChI is InChI=1S/C20H19ClFN3O2/c1-12-3-6-15(11-18(12)21)23-19(26)10-9-17-13(2)24-25(20(17)27)16-7-4-14(22)5-8-16/h3-8,11,24H,9-10H2,1-2H3,(H,23,26). The van der Waals surface area contributed by atoms with Crippen molar-refractivity contribution in [2.45, 2.75) is 26.7 Å². The number of halogens is 2. The first-order chi connectivity index (χ1) is 12.8. The molecule has 0 atom stereocenters. The second kappa shape index (κ2) is 7.80. The van der Waals surface area contributed by atoms with E-state index in [-0.39, 0.29) is 23.7 Å². The highest BCUT2D eigenvalue weighted by Crippen LogP contribution is 2.20. The number of aromatic nitrogens is 2. The summed E-state index contributed by atoms with van der Waals surface area (Å²) in [5, 5.41) is 6.33. The lowest BCUT2D eigenvalue weighted by molar-refractivity contribution is -0.116. The number of rotatable bonds is 5. The number of carbonyl (C=O) groups excluding carboxylic acids is 1. The van der Waals surface area contributed by atoms with Gasteiger partial charge in [0, 0.05) is 28.4 Å². The van der Waals surface area contributed by atoms with E-state index >= 15 is 0 Å². The molecule has 3 rings (SSSR count). The van der Waals surface area contributed by atoms with Gasteiger partial charge in [-0.3, -0.25) is 14.7 Å². The van der Waals surface area contributed by atoms with Crippen molar-refractivity contribution >= 4 is 23.2 Å². The number of benzene rings is 2. The van der Waals surface area contributed by atoms with Gasteiger partial charge in [0.15, 0.2) is 0 Å². The first-order valence-corrected chi connectivity index (χ1v) is 8.85. The maximum absolute atomic E-state index is 13.1. The molecule has 1 aromatic heterocycles. The Balaban J connectivity index is 1.70.